The third kappa shape index (κ3) is 8.10. The third-order valence-electron chi connectivity index (χ3n) is 2.93. The first-order valence-electron chi connectivity index (χ1n) is 7.74. The van der Waals surface area contributed by atoms with Gasteiger partial charge >= 0.3 is 12.3 Å². The van der Waals surface area contributed by atoms with Gasteiger partial charge in [0.1, 0.15) is 23.4 Å². The average Bonchev–Trinajstić information content (AvgIpc) is 2.26. The van der Waals surface area contributed by atoms with Gasteiger partial charge in [0.25, 0.3) is 0 Å². The van der Waals surface area contributed by atoms with E-state index in [-0.39, 0.29) is 12.2 Å². The van der Waals surface area contributed by atoms with Crippen molar-refractivity contribution < 1.29 is 28.5 Å². The molecule has 1 fully saturated rings. The zero-order valence-electron chi connectivity index (χ0n) is 14.4. The number of hydrogen-bond donors (Lipinski definition) is 0. The van der Waals surface area contributed by atoms with Crippen molar-refractivity contribution in [2.24, 2.45) is 0 Å². The number of ether oxygens (including phenoxy) is 4. The van der Waals surface area contributed by atoms with Gasteiger partial charge in [0.2, 0.25) is 0 Å². The maximum Gasteiger partial charge on any atom is 0.509 e. The second-order valence-electron chi connectivity index (χ2n) is 7.56. The van der Waals surface area contributed by atoms with E-state index in [4.69, 9.17) is 18.9 Å². The van der Waals surface area contributed by atoms with E-state index in [2.05, 4.69) is 0 Å². The molecule has 22 heavy (non-hydrogen) atoms. The van der Waals surface area contributed by atoms with Crippen LogP contribution in [-0.2, 0) is 18.9 Å². The van der Waals surface area contributed by atoms with Crippen molar-refractivity contribution in [1.29, 1.82) is 0 Å². The molecule has 6 heteroatoms. The summed E-state index contributed by atoms with van der Waals surface area (Å²) in [4.78, 5) is 23.2. The van der Waals surface area contributed by atoms with Gasteiger partial charge in [-0.1, -0.05) is 0 Å². The van der Waals surface area contributed by atoms with E-state index in [1.165, 1.54) is 0 Å². The Kier molecular flexibility index (Phi) is 6.08. The average molecular weight is 316 g/mol. The van der Waals surface area contributed by atoms with Crippen LogP contribution < -0.4 is 0 Å². The summed E-state index contributed by atoms with van der Waals surface area (Å²) in [7, 11) is 0. The second-order valence-corrected chi connectivity index (χ2v) is 7.56. The van der Waals surface area contributed by atoms with Gasteiger partial charge in [-0.3, -0.25) is 0 Å². The van der Waals surface area contributed by atoms with Crippen molar-refractivity contribution in [2.45, 2.75) is 90.6 Å². The fourth-order valence-electron chi connectivity index (χ4n) is 2.09. The molecule has 0 spiro atoms. The summed E-state index contributed by atoms with van der Waals surface area (Å²) in [6.07, 6.45) is 0.911. The van der Waals surface area contributed by atoms with Gasteiger partial charge in [0.05, 0.1) is 0 Å². The van der Waals surface area contributed by atoms with Crippen LogP contribution in [-0.4, -0.2) is 35.7 Å². The molecule has 0 radical (unpaired) electrons. The van der Waals surface area contributed by atoms with Crippen LogP contribution >= 0.6 is 0 Å². The van der Waals surface area contributed by atoms with E-state index in [0.29, 0.717) is 25.7 Å². The van der Waals surface area contributed by atoms with Crippen LogP contribution in [0.1, 0.15) is 67.2 Å². The zero-order chi connectivity index (χ0) is 17.0. The number of carbonyl (C=O) groups excluding carboxylic acids is 2. The normalized spacial score (nSPS) is 22.6. The van der Waals surface area contributed by atoms with Crippen molar-refractivity contribution >= 4 is 12.3 Å². The van der Waals surface area contributed by atoms with E-state index in [9.17, 15) is 9.59 Å². The molecule has 1 saturated carbocycles. The van der Waals surface area contributed by atoms with E-state index < -0.39 is 23.5 Å². The smallest absolute Gasteiger partial charge is 0.431 e. The fourth-order valence-corrected chi connectivity index (χ4v) is 2.09. The number of rotatable bonds is 2. The van der Waals surface area contributed by atoms with E-state index in [1.807, 2.05) is 0 Å². The molecular weight excluding hydrogens is 288 g/mol. The Hall–Kier alpha value is -1.46. The van der Waals surface area contributed by atoms with Crippen LogP contribution in [0, 0.1) is 0 Å². The van der Waals surface area contributed by atoms with E-state index >= 15 is 0 Å². The largest absolute Gasteiger partial charge is 0.509 e. The molecule has 0 aromatic carbocycles. The zero-order valence-corrected chi connectivity index (χ0v) is 14.4. The molecule has 1 aliphatic rings. The van der Waals surface area contributed by atoms with Gasteiger partial charge in [-0.15, -0.1) is 0 Å². The SMILES string of the molecule is CC(C)(C)OC(=O)OC1CCC(OC(=O)OC(C)(C)C)CC1. The highest BCUT2D eigenvalue weighted by molar-refractivity contribution is 5.61. The summed E-state index contributed by atoms with van der Waals surface area (Å²) in [6, 6.07) is 0. The Morgan fingerprint density at radius 2 is 0.955 bits per heavy atom. The molecule has 1 rings (SSSR count). The lowest BCUT2D eigenvalue weighted by atomic mass is 9.95. The molecule has 0 N–H and O–H groups in total. The Bertz CT molecular complexity index is 344. The van der Waals surface area contributed by atoms with E-state index in [1.54, 1.807) is 41.5 Å². The molecule has 1 aliphatic carbocycles. The Balaban J connectivity index is 2.29. The number of hydrogen-bond acceptors (Lipinski definition) is 6. The van der Waals surface area contributed by atoms with Gasteiger partial charge in [0.15, 0.2) is 0 Å². The minimum atomic E-state index is -0.649. The minimum Gasteiger partial charge on any atom is -0.431 e. The summed E-state index contributed by atoms with van der Waals surface area (Å²) in [5.74, 6) is 0. The van der Waals surface area contributed by atoms with Crippen molar-refractivity contribution in [1.82, 2.24) is 0 Å². The molecule has 0 heterocycles. The molecule has 0 saturated heterocycles. The summed E-state index contributed by atoms with van der Waals surface area (Å²) in [5, 5.41) is 0. The third-order valence-corrected chi connectivity index (χ3v) is 2.93. The first-order chi connectivity index (χ1) is 9.94. The predicted molar refractivity (Wildman–Crippen MR) is 80.7 cm³/mol. The molecule has 0 bridgehead atoms. The maximum atomic E-state index is 11.6. The predicted octanol–water partition coefficient (Wildman–Crippen LogP) is 4.20. The Morgan fingerprint density at radius 1 is 0.682 bits per heavy atom. The van der Waals surface area contributed by atoms with Gasteiger partial charge in [-0.25, -0.2) is 9.59 Å². The molecule has 0 amide bonds. The Morgan fingerprint density at radius 3 is 1.18 bits per heavy atom. The highest BCUT2D eigenvalue weighted by Crippen LogP contribution is 2.25. The van der Waals surface area contributed by atoms with Crippen molar-refractivity contribution in [3.63, 3.8) is 0 Å². The topological polar surface area (TPSA) is 71.1 Å². The standard InChI is InChI=1S/C16H28O6/c1-15(2,3)21-13(17)19-11-7-9-12(10-8-11)20-14(18)22-16(4,5)6/h11-12H,7-10H2,1-6H3. The van der Waals surface area contributed by atoms with Crippen molar-refractivity contribution in [2.75, 3.05) is 0 Å². The Labute approximate surface area is 132 Å². The molecule has 0 aromatic heterocycles. The quantitative estimate of drug-likeness (QED) is 0.711. The summed E-state index contributed by atoms with van der Waals surface area (Å²) >= 11 is 0. The monoisotopic (exact) mass is 316 g/mol. The highest BCUT2D eigenvalue weighted by atomic mass is 16.7. The maximum absolute atomic E-state index is 11.6. The first-order valence-corrected chi connectivity index (χ1v) is 7.74. The summed E-state index contributed by atoms with van der Waals surface area (Å²) < 4.78 is 20.8. The van der Waals surface area contributed by atoms with Crippen LogP contribution in [0.15, 0.2) is 0 Å². The molecule has 0 unspecified atom stereocenters. The summed E-state index contributed by atoms with van der Waals surface area (Å²) in [6.45, 7) is 10.7. The molecule has 128 valence electrons. The lowest BCUT2D eigenvalue weighted by Crippen LogP contribution is -2.33. The minimum absolute atomic E-state index is 0.187. The fraction of sp³-hybridized carbons (Fsp3) is 0.875. The first kappa shape index (κ1) is 18.6. The highest BCUT2D eigenvalue weighted by Gasteiger charge is 2.29. The lowest BCUT2D eigenvalue weighted by Gasteiger charge is -2.29. The van der Waals surface area contributed by atoms with Crippen LogP contribution in [0.4, 0.5) is 9.59 Å². The van der Waals surface area contributed by atoms with Crippen LogP contribution in [0.2, 0.25) is 0 Å². The molecule has 0 aromatic rings. The van der Waals surface area contributed by atoms with Crippen LogP contribution in [0.5, 0.6) is 0 Å². The molecular formula is C16H28O6. The number of carbonyl (C=O) groups is 2. The molecule has 0 aliphatic heterocycles. The van der Waals surface area contributed by atoms with Crippen LogP contribution in [0.3, 0.4) is 0 Å². The van der Waals surface area contributed by atoms with E-state index in [0.717, 1.165) is 0 Å². The van der Waals surface area contributed by atoms with Crippen molar-refractivity contribution in [3.05, 3.63) is 0 Å². The second kappa shape index (κ2) is 7.20. The molecule has 6 nitrogen and oxygen atoms in total. The molecule has 0 atom stereocenters. The van der Waals surface area contributed by atoms with Crippen LogP contribution in [0.25, 0.3) is 0 Å². The van der Waals surface area contributed by atoms with Gasteiger partial charge in [0, 0.05) is 0 Å². The van der Waals surface area contributed by atoms with Gasteiger partial charge in [-0.05, 0) is 67.2 Å². The lowest BCUT2D eigenvalue weighted by molar-refractivity contribution is -0.0597. The van der Waals surface area contributed by atoms with Gasteiger partial charge in [-0.2, -0.15) is 0 Å². The van der Waals surface area contributed by atoms with Gasteiger partial charge < -0.3 is 18.9 Å². The summed E-state index contributed by atoms with van der Waals surface area (Å²) in [5.41, 5.74) is -1.12. The van der Waals surface area contributed by atoms with Crippen molar-refractivity contribution in [3.8, 4) is 0 Å².